The van der Waals surface area contributed by atoms with Crippen LogP contribution in [0.2, 0.25) is 0 Å². The summed E-state index contributed by atoms with van der Waals surface area (Å²) in [6, 6.07) is 16.3. The summed E-state index contributed by atoms with van der Waals surface area (Å²) >= 11 is 0. The number of amides is 1. The molecule has 0 saturated carbocycles. The number of esters is 1. The van der Waals surface area contributed by atoms with E-state index in [0.29, 0.717) is 24.5 Å². The average Bonchev–Trinajstić information content (AvgIpc) is 2.61. The molecule has 2 aromatic carbocycles. The van der Waals surface area contributed by atoms with Gasteiger partial charge in [0.25, 0.3) is 5.91 Å². The number of para-hydroxylation sites is 1. The molecule has 0 unspecified atom stereocenters. The van der Waals surface area contributed by atoms with Gasteiger partial charge >= 0.3 is 5.97 Å². The maximum atomic E-state index is 12.5. The normalized spacial score (nSPS) is 10.1. The number of nitrogens with zero attached hydrogens (tertiary/aromatic N) is 1. The second-order valence-corrected chi connectivity index (χ2v) is 5.06. The first-order valence-electron chi connectivity index (χ1n) is 7.92. The average molecular weight is 327 g/mol. The number of benzene rings is 2. The van der Waals surface area contributed by atoms with Crippen molar-refractivity contribution in [3.8, 4) is 11.5 Å². The second kappa shape index (κ2) is 8.72. The van der Waals surface area contributed by atoms with E-state index >= 15 is 0 Å². The summed E-state index contributed by atoms with van der Waals surface area (Å²) in [4.78, 5) is 25.5. The maximum absolute atomic E-state index is 12.5. The zero-order valence-corrected chi connectivity index (χ0v) is 13.9. The van der Waals surface area contributed by atoms with Crippen molar-refractivity contribution in [3.05, 3.63) is 60.2 Å². The van der Waals surface area contributed by atoms with Gasteiger partial charge < -0.3 is 14.4 Å². The lowest BCUT2D eigenvalue weighted by Crippen LogP contribution is -2.36. The van der Waals surface area contributed by atoms with Crippen LogP contribution >= 0.6 is 0 Å². The maximum Gasteiger partial charge on any atom is 0.325 e. The molecule has 0 heterocycles. The van der Waals surface area contributed by atoms with E-state index in [1.807, 2.05) is 37.3 Å². The summed E-state index contributed by atoms with van der Waals surface area (Å²) in [7, 11) is 0. The minimum Gasteiger partial charge on any atom is -0.465 e. The zero-order chi connectivity index (χ0) is 17.4. The van der Waals surface area contributed by atoms with Crippen LogP contribution in [-0.2, 0) is 9.53 Å². The molecule has 2 rings (SSSR count). The van der Waals surface area contributed by atoms with Crippen LogP contribution in [0.4, 0.5) is 0 Å². The zero-order valence-electron chi connectivity index (χ0n) is 13.9. The number of carbonyl (C=O) groups excluding carboxylic acids is 2. The molecule has 0 aliphatic carbocycles. The van der Waals surface area contributed by atoms with Crippen molar-refractivity contribution in [3.63, 3.8) is 0 Å². The lowest BCUT2D eigenvalue weighted by atomic mass is 10.2. The Morgan fingerprint density at radius 1 is 0.917 bits per heavy atom. The third-order valence-corrected chi connectivity index (χ3v) is 3.37. The summed E-state index contributed by atoms with van der Waals surface area (Å²) in [6.07, 6.45) is 0. The molecule has 0 N–H and O–H groups in total. The predicted molar refractivity (Wildman–Crippen MR) is 91.2 cm³/mol. The van der Waals surface area contributed by atoms with E-state index in [0.717, 1.165) is 5.75 Å². The predicted octanol–water partition coefficient (Wildman–Crippen LogP) is 3.50. The van der Waals surface area contributed by atoms with Crippen LogP contribution < -0.4 is 4.74 Å². The largest absolute Gasteiger partial charge is 0.465 e. The van der Waals surface area contributed by atoms with Gasteiger partial charge in [0, 0.05) is 12.1 Å². The van der Waals surface area contributed by atoms with Gasteiger partial charge in [-0.25, -0.2) is 0 Å². The molecule has 0 saturated heterocycles. The first-order chi connectivity index (χ1) is 11.6. The topological polar surface area (TPSA) is 55.8 Å². The van der Waals surface area contributed by atoms with Crippen LogP contribution in [0, 0.1) is 0 Å². The van der Waals surface area contributed by atoms with Gasteiger partial charge in [-0.05, 0) is 50.2 Å². The molecule has 2 aromatic rings. The highest BCUT2D eigenvalue weighted by Crippen LogP contribution is 2.21. The van der Waals surface area contributed by atoms with E-state index in [4.69, 9.17) is 9.47 Å². The molecule has 5 heteroatoms. The minimum atomic E-state index is -0.406. The summed E-state index contributed by atoms with van der Waals surface area (Å²) in [5, 5.41) is 0. The molecule has 0 atom stereocenters. The Kier molecular flexibility index (Phi) is 6.37. The molecule has 0 spiro atoms. The van der Waals surface area contributed by atoms with Crippen LogP contribution in [0.3, 0.4) is 0 Å². The Balaban J connectivity index is 2.03. The Hall–Kier alpha value is -2.82. The van der Waals surface area contributed by atoms with Crippen LogP contribution in [-0.4, -0.2) is 36.5 Å². The van der Waals surface area contributed by atoms with Gasteiger partial charge in [-0.1, -0.05) is 18.2 Å². The van der Waals surface area contributed by atoms with Gasteiger partial charge in [0.05, 0.1) is 6.61 Å². The van der Waals surface area contributed by atoms with E-state index in [9.17, 15) is 9.59 Å². The van der Waals surface area contributed by atoms with Crippen molar-refractivity contribution in [2.75, 3.05) is 19.7 Å². The third-order valence-electron chi connectivity index (χ3n) is 3.37. The van der Waals surface area contributed by atoms with Crippen molar-refractivity contribution in [1.29, 1.82) is 0 Å². The number of rotatable bonds is 7. The first-order valence-corrected chi connectivity index (χ1v) is 7.92. The molecule has 0 aromatic heterocycles. The van der Waals surface area contributed by atoms with Crippen LogP contribution in [0.15, 0.2) is 54.6 Å². The third kappa shape index (κ3) is 4.84. The highest BCUT2D eigenvalue weighted by Gasteiger charge is 2.18. The lowest BCUT2D eigenvalue weighted by molar-refractivity contribution is -0.143. The molecular weight excluding hydrogens is 306 g/mol. The van der Waals surface area contributed by atoms with E-state index < -0.39 is 5.97 Å². The van der Waals surface area contributed by atoms with Crippen molar-refractivity contribution in [1.82, 2.24) is 4.90 Å². The molecule has 24 heavy (non-hydrogen) atoms. The van der Waals surface area contributed by atoms with Crippen molar-refractivity contribution in [2.24, 2.45) is 0 Å². The monoisotopic (exact) mass is 327 g/mol. The number of hydrogen-bond acceptors (Lipinski definition) is 4. The number of carbonyl (C=O) groups is 2. The fourth-order valence-electron chi connectivity index (χ4n) is 2.16. The number of ether oxygens (including phenoxy) is 2. The van der Waals surface area contributed by atoms with Crippen molar-refractivity contribution < 1.29 is 19.1 Å². The highest BCUT2D eigenvalue weighted by atomic mass is 16.5. The molecule has 0 fully saturated rings. The van der Waals surface area contributed by atoms with E-state index in [1.54, 1.807) is 31.2 Å². The molecule has 0 aliphatic rings. The fraction of sp³-hybridized carbons (Fsp3) is 0.263. The molecule has 5 nitrogen and oxygen atoms in total. The second-order valence-electron chi connectivity index (χ2n) is 5.06. The van der Waals surface area contributed by atoms with Crippen molar-refractivity contribution in [2.45, 2.75) is 13.8 Å². The summed E-state index contributed by atoms with van der Waals surface area (Å²) in [5.74, 6) is 0.758. The lowest BCUT2D eigenvalue weighted by Gasteiger charge is -2.19. The molecule has 0 aliphatic heterocycles. The number of likely N-dealkylation sites (N-methyl/N-ethyl adjacent to an activating group) is 1. The Morgan fingerprint density at radius 3 is 2.12 bits per heavy atom. The van der Waals surface area contributed by atoms with Gasteiger partial charge in [0.15, 0.2) is 0 Å². The molecule has 0 bridgehead atoms. The van der Waals surface area contributed by atoms with E-state index in [1.165, 1.54) is 4.90 Å². The van der Waals surface area contributed by atoms with Gasteiger partial charge in [-0.3, -0.25) is 9.59 Å². The summed E-state index contributed by atoms with van der Waals surface area (Å²) in [5.41, 5.74) is 0.501. The fourth-order valence-corrected chi connectivity index (χ4v) is 2.16. The standard InChI is InChI=1S/C19H21NO4/c1-3-20(14-18(21)23-4-2)19(22)15-10-12-17(13-11-15)24-16-8-6-5-7-9-16/h5-13H,3-4,14H2,1-2H3. The Morgan fingerprint density at radius 2 is 1.54 bits per heavy atom. The smallest absolute Gasteiger partial charge is 0.325 e. The van der Waals surface area contributed by atoms with Crippen molar-refractivity contribution >= 4 is 11.9 Å². The minimum absolute atomic E-state index is 0.0502. The molecule has 0 radical (unpaired) electrons. The molecule has 126 valence electrons. The highest BCUT2D eigenvalue weighted by molar-refractivity contribution is 5.96. The summed E-state index contributed by atoms with van der Waals surface area (Å²) in [6.45, 7) is 4.24. The molecule has 1 amide bonds. The Labute approximate surface area is 141 Å². The van der Waals surface area contributed by atoms with Crippen LogP contribution in [0.5, 0.6) is 11.5 Å². The van der Waals surface area contributed by atoms with Gasteiger partial charge in [0.2, 0.25) is 0 Å². The summed E-state index contributed by atoms with van der Waals surface area (Å²) < 4.78 is 10.6. The van der Waals surface area contributed by atoms with E-state index in [-0.39, 0.29) is 12.5 Å². The van der Waals surface area contributed by atoms with Gasteiger partial charge in [0.1, 0.15) is 18.0 Å². The van der Waals surface area contributed by atoms with Gasteiger partial charge in [-0.2, -0.15) is 0 Å². The SMILES string of the molecule is CCOC(=O)CN(CC)C(=O)c1ccc(Oc2ccccc2)cc1. The first kappa shape index (κ1) is 17.5. The quantitative estimate of drug-likeness (QED) is 0.730. The van der Waals surface area contributed by atoms with Crippen LogP contribution in [0.25, 0.3) is 0 Å². The van der Waals surface area contributed by atoms with Crippen LogP contribution in [0.1, 0.15) is 24.2 Å². The number of hydrogen-bond donors (Lipinski definition) is 0. The Bertz CT molecular complexity index is 668. The van der Waals surface area contributed by atoms with Gasteiger partial charge in [-0.15, -0.1) is 0 Å². The molecular formula is C19H21NO4. The van der Waals surface area contributed by atoms with E-state index in [2.05, 4.69) is 0 Å².